The summed E-state index contributed by atoms with van der Waals surface area (Å²) >= 11 is 0. The van der Waals surface area contributed by atoms with Crippen LogP contribution in [0.15, 0.2) is 59.1 Å². The highest BCUT2D eigenvalue weighted by molar-refractivity contribution is 7.90. The number of ketones is 1. The number of sulfonamides is 1. The Labute approximate surface area is 128 Å². The van der Waals surface area contributed by atoms with E-state index in [4.69, 9.17) is 4.74 Å². The second-order valence-electron chi connectivity index (χ2n) is 4.73. The molecule has 0 aliphatic carbocycles. The van der Waals surface area contributed by atoms with Gasteiger partial charge in [0.15, 0.2) is 0 Å². The Morgan fingerprint density at radius 2 is 1.73 bits per heavy atom. The van der Waals surface area contributed by atoms with Crippen LogP contribution in [0.25, 0.3) is 6.08 Å². The summed E-state index contributed by atoms with van der Waals surface area (Å²) in [6, 6.07) is 13.2. The molecule has 0 spiro atoms. The average Bonchev–Trinajstić information content (AvgIpc) is 2.53. The van der Waals surface area contributed by atoms with Gasteiger partial charge in [-0.3, -0.25) is 9.52 Å². The van der Waals surface area contributed by atoms with Crippen LogP contribution in [0.3, 0.4) is 0 Å². The van der Waals surface area contributed by atoms with Crippen LogP contribution in [0.1, 0.15) is 15.9 Å². The molecule has 0 radical (unpaired) electrons. The highest BCUT2D eigenvalue weighted by Gasteiger charge is 2.31. The molecular formula is C16H13NO4S. The molecule has 2 aromatic carbocycles. The minimum Gasteiger partial charge on any atom is -0.496 e. The molecule has 1 N–H and O–H groups in total. The number of allylic oxidation sites excluding steroid dienone is 1. The number of benzene rings is 2. The van der Waals surface area contributed by atoms with E-state index in [1.807, 2.05) is 0 Å². The van der Waals surface area contributed by atoms with Crippen LogP contribution in [0.2, 0.25) is 0 Å². The van der Waals surface area contributed by atoms with Gasteiger partial charge in [-0.2, -0.15) is 0 Å². The second kappa shape index (κ2) is 5.31. The Kier molecular flexibility index (Phi) is 3.46. The van der Waals surface area contributed by atoms with Crippen molar-refractivity contribution < 1.29 is 17.9 Å². The summed E-state index contributed by atoms with van der Waals surface area (Å²) in [7, 11) is -2.23. The van der Waals surface area contributed by atoms with E-state index >= 15 is 0 Å². The third kappa shape index (κ3) is 2.37. The van der Waals surface area contributed by atoms with Gasteiger partial charge < -0.3 is 4.74 Å². The largest absolute Gasteiger partial charge is 0.496 e. The number of methoxy groups -OCH3 is 1. The number of hydrogen-bond acceptors (Lipinski definition) is 4. The SMILES string of the molecule is COc1ccccc1C=C1NS(=O)(=O)c2ccccc2C1=O. The molecule has 5 nitrogen and oxygen atoms in total. The van der Waals surface area contributed by atoms with Crippen molar-refractivity contribution in [2.24, 2.45) is 0 Å². The highest BCUT2D eigenvalue weighted by Crippen LogP contribution is 2.27. The van der Waals surface area contributed by atoms with Crippen LogP contribution >= 0.6 is 0 Å². The summed E-state index contributed by atoms with van der Waals surface area (Å²) in [6.45, 7) is 0. The van der Waals surface area contributed by atoms with Crippen LogP contribution in [0.5, 0.6) is 5.75 Å². The van der Waals surface area contributed by atoms with Gasteiger partial charge in [0.2, 0.25) is 5.78 Å². The van der Waals surface area contributed by atoms with E-state index in [0.717, 1.165) is 0 Å². The van der Waals surface area contributed by atoms with E-state index in [9.17, 15) is 13.2 Å². The first kappa shape index (κ1) is 14.3. The van der Waals surface area contributed by atoms with Crippen molar-refractivity contribution in [1.29, 1.82) is 0 Å². The minimum atomic E-state index is -3.74. The zero-order valence-corrected chi connectivity index (χ0v) is 12.6. The Morgan fingerprint density at radius 3 is 2.50 bits per heavy atom. The van der Waals surface area contributed by atoms with E-state index in [1.54, 1.807) is 36.4 Å². The number of carbonyl (C=O) groups excluding carboxylic acids is 1. The maximum atomic E-state index is 12.5. The van der Waals surface area contributed by atoms with Gasteiger partial charge in [0.05, 0.1) is 17.7 Å². The van der Waals surface area contributed by atoms with Crippen LogP contribution in [0, 0.1) is 0 Å². The van der Waals surface area contributed by atoms with Gasteiger partial charge in [-0.05, 0) is 24.3 Å². The summed E-state index contributed by atoms with van der Waals surface area (Å²) < 4.78 is 32.0. The molecule has 22 heavy (non-hydrogen) atoms. The van der Waals surface area contributed by atoms with Crippen molar-refractivity contribution in [3.63, 3.8) is 0 Å². The summed E-state index contributed by atoms with van der Waals surface area (Å²) in [5.74, 6) is 0.192. The topological polar surface area (TPSA) is 72.5 Å². The predicted molar refractivity (Wildman–Crippen MR) is 82.1 cm³/mol. The number of carbonyl (C=O) groups is 1. The third-order valence-electron chi connectivity index (χ3n) is 3.35. The fraction of sp³-hybridized carbons (Fsp3) is 0.0625. The second-order valence-corrected chi connectivity index (χ2v) is 6.38. The smallest absolute Gasteiger partial charge is 0.262 e. The van der Waals surface area contributed by atoms with Crippen molar-refractivity contribution in [1.82, 2.24) is 4.72 Å². The fourth-order valence-electron chi connectivity index (χ4n) is 2.32. The Hall–Kier alpha value is -2.60. The van der Waals surface area contributed by atoms with Crippen LogP contribution in [-0.2, 0) is 10.0 Å². The number of fused-ring (bicyclic) bond motifs is 1. The zero-order chi connectivity index (χ0) is 15.7. The molecule has 0 saturated carbocycles. The van der Waals surface area contributed by atoms with E-state index < -0.39 is 10.0 Å². The van der Waals surface area contributed by atoms with Crippen molar-refractivity contribution in [2.45, 2.75) is 4.90 Å². The number of rotatable bonds is 2. The first-order valence-electron chi connectivity index (χ1n) is 6.54. The van der Waals surface area contributed by atoms with Gasteiger partial charge in [0, 0.05) is 11.1 Å². The molecule has 0 amide bonds. The molecule has 0 unspecified atom stereocenters. The summed E-state index contributed by atoms with van der Waals surface area (Å²) in [5, 5.41) is 0. The minimum absolute atomic E-state index is 0.00261. The van der Waals surface area contributed by atoms with E-state index in [2.05, 4.69) is 4.72 Å². The van der Waals surface area contributed by atoms with Crippen molar-refractivity contribution >= 4 is 21.9 Å². The lowest BCUT2D eigenvalue weighted by molar-refractivity contribution is 0.102. The number of para-hydroxylation sites is 1. The molecule has 1 heterocycles. The molecule has 0 fully saturated rings. The summed E-state index contributed by atoms with van der Waals surface area (Å²) in [5.41, 5.74) is 0.793. The normalized spacial score (nSPS) is 17.7. The van der Waals surface area contributed by atoms with Gasteiger partial charge >= 0.3 is 0 Å². The summed E-state index contributed by atoms with van der Waals surface area (Å²) in [6.07, 6.45) is 1.48. The number of ether oxygens (including phenoxy) is 1. The first-order valence-corrected chi connectivity index (χ1v) is 8.02. The molecule has 112 valence electrons. The van der Waals surface area contributed by atoms with Crippen molar-refractivity contribution in [3.8, 4) is 5.75 Å². The molecule has 1 aliphatic heterocycles. The maximum absolute atomic E-state index is 12.5. The van der Waals surface area contributed by atoms with Crippen LogP contribution in [-0.4, -0.2) is 21.3 Å². The van der Waals surface area contributed by atoms with Gasteiger partial charge in [0.25, 0.3) is 10.0 Å². The fourth-order valence-corrected chi connectivity index (χ4v) is 3.57. The molecule has 6 heteroatoms. The van der Waals surface area contributed by atoms with E-state index in [-0.39, 0.29) is 21.9 Å². The average molecular weight is 315 g/mol. The standard InChI is InChI=1S/C16H13NO4S/c1-21-14-8-4-2-6-11(14)10-13-16(18)12-7-3-5-9-15(12)22(19,20)17-13/h2-10,17H,1H3. The van der Waals surface area contributed by atoms with E-state index in [0.29, 0.717) is 11.3 Å². The molecule has 3 rings (SSSR count). The lowest BCUT2D eigenvalue weighted by Gasteiger charge is -2.19. The van der Waals surface area contributed by atoms with Gasteiger partial charge in [-0.1, -0.05) is 30.3 Å². The molecule has 0 bridgehead atoms. The lowest BCUT2D eigenvalue weighted by Crippen LogP contribution is -2.34. The molecular weight excluding hydrogens is 302 g/mol. The Balaban J connectivity index is 2.15. The quantitative estimate of drug-likeness (QED) is 0.863. The molecule has 1 aliphatic rings. The van der Waals surface area contributed by atoms with Crippen molar-refractivity contribution in [2.75, 3.05) is 7.11 Å². The number of Topliss-reactive ketones (excluding diaryl/α,β-unsaturated/α-hetero) is 1. The monoisotopic (exact) mass is 315 g/mol. The Bertz CT molecular complexity index is 885. The number of hydrogen-bond donors (Lipinski definition) is 1. The van der Waals surface area contributed by atoms with Crippen LogP contribution < -0.4 is 9.46 Å². The first-order chi connectivity index (χ1) is 10.5. The molecule has 0 saturated heterocycles. The predicted octanol–water partition coefficient (Wildman–Crippen LogP) is 2.21. The maximum Gasteiger partial charge on any atom is 0.262 e. The molecule has 0 aromatic heterocycles. The van der Waals surface area contributed by atoms with Gasteiger partial charge in [-0.15, -0.1) is 0 Å². The number of nitrogens with one attached hydrogen (secondary N) is 1. The van der Waals surface area contributed by atoms with Gasteiger partial charge in [-0.25, -0.2) is 8.42 Å². The van der Waals surface area contributed by atoms with Gasteiger partial charge in [0.1, 0.15) is 5.75 Å². The lowest BCUT2D eigenvalue weighted by atomic mass is 10.1. The molecule has 0 atom stereocenters. The molecule has 2 aromatic rings. The van der Waals surface area contributed by atoms with E-state index in [1.165, 1.54) is 25.3 Å². The summed E-state index contributed by atoms with van der Waals surface area (Å²) in [4.78, 5) is 12.5. The third-order valence-corrected chi connectivity index (χ3v) is 4.77. The Morgan fingerprint density at radius 1 is 1.05 bits per heavy atom. The van der Waals surface area contributed by atoms with Crippen LogP contribution in [0.4, 0.5) is 0 Å². The highest BCUT2D eigenvalue weighted by atomic mass is 32.2. The van der Waals surface area contributed by atoms with Crippen molar-refractivity contribution in [3.05, 3.63) is 65.4 Å². The zero-order valence-electron chi connectivity index (χ0n) is 11.7.